The lowest BCUT2D eigenvalue weighted by atomic mass is 10.0. The predicted octanol–water partition coefficient (Wildman–Crippen LogP) is 2.17. The molecule has 1 saturated carbocycles. The number of carboxylic acid groups (broad SMARTS) is 1. The fourth-order valence-corrected chi connectivity index (χ4v) is 2.95. The van der Waals surface area contributed by atoms with Crippen molar-refractivity contribution in [3.8, 4) is 0 Å². The standard InChI is InChI=1S/C16H22N2O4/c1-5-12-13(10(4)19)8(2)17-14(12)15(20)18(11-6-7-11)9(3)16(21)22/h9,11,17H,5-7H2,1-4H3,(H,21,22). The summed E-state index contributed by atoms with van der Waals surface area (Å²) in [4.78, 5) is 40.4. The minimum Gasteiger partial charge on any atom is -0.480 e. The van der Waals surface area contributed by atoms with E-state index < -0.39 is 12.0 Å². The molecule has 1 aliphatic rings. The number of carbonyl (C=O) groups is 3. The van der Waals surface area contributed by atoms with Crippen LogP contribution in [0.4, 0.5) is 0 Å². The number of ketones is 1. The van der Waals surface area contributed by atoms with Gasteiger partial charge in [0.25, 0.3) is 5.91 Å². The summed E-state index contributed by atoms with van der Waals surface area (Å²) in [6, 6.07) is -0.901. The lowest BCUT2D eigenvalue weighted by Crippen LogP contribution is -2.45. The Bertz CT molecular complexity index is 628. The molecule has 22 heavy (non-hydrogen) atoms. The molecule has 2 rings (SSSR count). The number of Topliss-reactive ketones (excluding diaryl/α,β-unsaturated/α-hetero) is 1. The summed E-state index contributed by atoms with van der Waals surface area (Å²) in [7, 11) is 0. The highest BCUT2D eigenvalue weighted by Crippen LogP contribution is 2.31. The van der Waals surface area contributed by atoms with Crippen LogP contribution in [0.3, 0.4) is 0 Å². The Hall–Kier alpha value is -2.11. The number of rotatable bonds is 6. The van der Waals surface area contributed by atoms with Crippen LogP contribution in [0.1, 0.15) is 65.7 Å². The molecule has 1 amide bonds. The Balaban J connectivity index is 2.45. The summed E-state index contributed by atoms with van der Waals surface area (Å²) < 4.78 is 0. The molecule has 120 valence electrons. The van der Waals surface area contributed by atoms with Crippen LogP contribution in [0.25, 0.3) is 0 Å². The largest absolute Gasteiger partial charge is 0.480 e. The number of amides is 1. The molecule has 1 aromatic heterocycles. The fourth-order valence-electron chi connectivity index (χ4n) is 2.95. The van der Waals surface area contributed by atoms with E-state index in [4.69, 9.17) is 0 Å². The van der Waals surface area contributed by atoms with E-state index in [9.17, 15) is 19.5 Å². The average molecular weight is 306 g/mol. The van der Waals surface area contributed by atoms with Gasteiger partial charge >= 0.3 is 5.97 Å². The van der Waals surface area contributed by atoms with Gasteiger partial charge < -0.3 is 15.0 Å². The van der Waals surface area contributed by atoms with Crippen LogP contribution in [-0.4, -0.2) is 44.7 Å². The molecule has 0 saturated heterocycles. The minimum absolute atomic E-state index is 0.0207. The zero-order valence-electron chi connectivity index (χ0n) is 13.4. The quantitative estimate of drug-likeness (QED) is 0.788. The van der Waals surface area contributed by atoms with Gasteiger partial charge in [-0.15, -0.1) is 0 Å². The van der Waals surface area contributed by atoms with E-state index >= 15 is 0 Å². The summed E-state index contributed by atoms with van der Waals surface area (Å²) in [5.41, 5.74) is 2.24. The van der Waals surface area contributed by atoms with Crippen LogP contribution >= 0.6 is 0 Å². The molecule has 2 N–H and O–H groups in total. The van der Waals surface area contributed by atoms with Gasteiger partial charge in [0.2, 0.25) is 0 Å². The second-order valence-corrected chi connectivity index (χ2v) is 5.85. The summed E-state index contributed by atoms with van der Waals surface area (Å²) in [6.45, 7) is 6.64. The molecule has 1 fully saturated rings. The van der Waals surface area contributed by atoms with Crippen LogP contribution in [-0.2, 0) is 11.2 Å². The smallest absolute Gasteiger partial charge is 0.326 e. The fraction of sp³-hybridized carbons (Fsp3) is 0.562. The molecule has 6 heteroatoms. The third kappa shape index (κ3) is 2.77. The number of aromatic amines is 1. The van der Waals surface area contributed by atoms with E-state index in [0.29, 0.717) is 28.9 Å². The number of nitrogens with zero attached hydrogens (tertiary/aromatic N) is 1. The SMILES string of the molecule is CCc1c(C(=O)N(C2CC2)C(C)C(=O)O)[nH]c(C)c1C(C)=O. The van der Waals surface area contributed by atoms with Crippen molar-refractivity contribution in [2.75, 3.05) is 0 Å². The number of carboxylic acids is 1. The van der Waals surface area contributed by atoms with Crippen LogP contribution in [0.5, 0.6) is 0 Å². The van der Waals surface area contributed by atoms with E-state index in [0.717, 1.165) is 12.8 Å². The second-order valence-electron chi connectivity index (χ2n) is 5.85. The van der Waals surface area contributed by atoms with Crippen molar-refractivity contribution in [2.24, 2.45) is 0 Å². The van der Waals surface area contributed by atoms with Crippen LogP contribution < -0.4 is 0 Å². The van der Waals surface area contributed by atoms with Gasteiger partial charge in [-0.05, 0) is 45.6 Å². The molecule has 0 bridgehead atoms. The van der Waals surface area contributed by atoms with Crippen molar-refractivity contribution in [3.05, 3.63) is 22.5 Å². The maximum Gasteiger partial charge on any atom is 0.326 e. The van der Waals surface area contributed by atoms with Gasteiger partial charge in [-0.2, -0.15) is 0 Å². The highest BCUT2D eigenvalue weighted by Gasteiger charge is 2.40. The highest BCUT2D eigenvalue weighted by atomic mass is 16.4. The van der Waals surface area contributed by atoms with E-state index in [1.165, 1.54) is 18.7 Å². The first-order valence-corrected chi connectivity index (χ1v) is 7.57. The first-order valence-electron chi connectivity index (χ1n) is 7.57. The molecular weight excluding hydrogens is 284 g/mol. The zero-order chi connectivity index (χ0) is 16.6. The highest BCUT2D eigenvalue weighted by molar-refractivity contribution is 6.03. The molecule has 1 heterocycles. The summed E-state index contributed by atoms with van der Waals surface area (Å²) in [6.07, 6.45) is 2.19. The van der Waals surface area contributed by atoms with Gasteiger partial charge in [-0.1, -0.05) is 6.92 Å². The van der Waals surface area contributed by atoms with Crippen molar-refractivity contribution in [1.82, 2.24) is 9.88 Å². The molecular formula is C16H22N2O4. The number of aliphatic carboxylic acids is 1. The Morgan fingerprint density at radius 1 is 1.36 bits per heavy atom. The van der Waals surface area contributed by atoms with E-state index in [-0.39, 0.29) is 17.7 Å². The third-order valence-electron chi connectivity index (χ3n) is 4.16. The number of hydrogen-bond donors (Lipinski definition) is 2. The molecule has 1 unspecified atom stereocenters. The summed E-state index contributed by atoms with van der Waals surface area (Å²) in [5, 5.41) is 9.24. The molecule has 0 aromatic carbocycles. The van der Waals surface area contributed by atoms with Gasteiger partial charge in [0.15, 0.2) is 5.78 Å². The molecule has 0 spiro atoms. The number of hydrogen-bond acceptors (Lipinski definition) is 3. The van der Waals surface area contributed by atoms with E-state index in [2.05, 4.69) is 4.98 Å². The molecule has 0 radical (unpaired) electrons. The zero-order valence-corrected chi connectivity index (χ0v) is 13.4. The average Bonchev–Trinajstić information content (AvgIpc) is 3.20. The van der Waals surface area contributed by atoms with Crippen LogP contribution in [0, 0.1) is 6.92 Å². The lowest BCUT2D eigenvalue weighted by Gasteiger charge is -2.26. The number of carbonyl (C=O) groups excluding carboxylic acids is 2. The maximum absolute atomic E-state index is 12.9. The predicted molar refractivity (Wildman–Crippen MR) is 81.2 cm³/mol. The molecule has 1 aliphatic carbocycles. The van der Waals surface area contributed by atoms with Crippen molar-refractivity contribution in [2.45, 2.75) is 59.0 Å². The first kappa shape index (κ1) is 16.3. The van der Waals surface area contributed by atoms with Crippen molar-refractivity contribution < 1.29 is 19.5 Å². The molecule has 6 nitrogen and oxygen atoms in total. The van der Waals surface area contributed by atoms with Crippen molar-refractivity contribution in [1.29, 1.82) is 0 Å². The van der Waals surface area contributed by atoms with Crippen LogP contribution in [0.2, 0.25) is 0 Å². The minimum atomic E-state index is -1.02. The normalized spacial score (nSPS) is 15.5. The Kier molecular flexibility index (Phi) is 4.39. The van der Waals surface area contributed by atoms with Gasteiger partial charge in [-0.3, -0.25) is 9.59 Å². The molecule has 0 aliphatic heterocycles. The second kappa shape index (κ2) is 5.94. The van der Waals surface area contributed by atoms with E-state index in [1.54, 1.807) is 6.92 Å². The Morgan fingerprint density at radius 2 is 1.95 bits per heavy atom. The Labute approximate surface area is 129 Å². The van der Waals surface area contributed by atoms with Crippen molar-refractivity contribution in [3.63, 3.8) is 0 Å². The van der Waals surface area contributed by atoms with Gasteiger partial charge in [0.05, 0.1) is 0 Å². The summed E-state index contributed by atoms with van der Waals surface area (Å²) in [5.74, 6) is -1.44. The van der Waals surface area contributed by atoms with Crippen molar-refractivity contribution >= 4 is 17.7 Å². The van der Waals surface area contributed by atoms with Crippen LogP contribution in [0.15, 0.2) is 0 Å². The first-order chi connectivity index (χ1) is 10.3. The van der Waals surface area contributed by atoms with Gasteiger partial charge in [0, 0.05) is 17.3 Å². The Morgan fingerprint density at radius 3 is 2.36 bits per heavy atom. The molecule has 1 atom stereocenters. The van der Waals surface area contributed by atoms with Gasteiger partial charge in [-0.25, -0.2) is 4.79 Å². The number of aryl methyl sites for hydroxylation is 1. The van der Waals surface area contributed by atoms with E-state index in [1.807, 2.05) is 6.92 Å². The van der Waals surface area contributed by atoms with Gasteiger partial charge in [0.1, 0.15) is 11.7 Å². The lowest BCUT2D eigenvalue weighted by molar-refractivity contribution is -0.141. The third-order valence-corrected chi connectivity index (χ3v) is 4.16. The monoisotopic (exact) mass is 306 g/mol. The maximum atomic E-state index is 12.9. The number of H-pyrrole nitrogens is 1. The topological polar surface area (TPSA) is 90.5 Å². The number of aromatic nitrogens is 1. The molecule has 1 aromatic rings. The summed E-state index contributed by atoms with van der Waals surface area (Å²) >= 11 is 0. The number of nitrogens with one attached hydrogen (secondary N) is 1.